The minimum absolute atomic E-state index is 0.244. The van der Waals surface area contributed by atoms with Gasteiger partial charge in [0.05, 0.1) is 12.1 Å². The van der Waals surface area contributed by atoms with Gasteiger partial charge >= 0.3 is 11.7 Å². The molecule has 0 atom stereocenters. The molecule has 192 valence electrons. The number of pyridine rings is 1. The summed E-state index contributed by atoms with van der Waals surface area (Å²) < 4.78 is 17.5. The molecule has 2 N–H and O–H groups in total. The lowest BCUT2D eigenvalue weighted by molar-refractivity contribution is 0.0696. The highest BCUT2D eigenvalue weighted by molar-refractivity contribution is 5.92. The molecule has 0 saturated heterocycles. The third-order valence-corrected chi connectivity index (χ3v) is 6.29. The van der Waals surface area contributed by atoms with Gasteiger partial charge in [0.25, 0.3) is 0 Å². The molecule has 0 aliphatic heterocycles. The Hall–Kier alpha value is -4.93. The van der Waals surface area contributed by atoms with Crippen LogP contribution in [0.1, 0.15) is 41.4 Å². The minimum atomic E-state index is -1.30. The Kier molecular flexibility index (Phi) is 6.90. The maximum atomic E-state index is 14.8. The number of aromatic nitrogens is 7. The number of hydrogen-bond acceptors (Lipinski definition) is 6. The molecular weight excluding hydrogens is 489 g/mol. The zero-order chi connectivity index (χ0) is 26.6. The van der Waals surface area contributed by atoms with Crippen LogP contribution >= 0.6 is 0 Å². The number of aromatic carboxylic acids is 1. The van der Waals surface area contributed by atoms with Crippen LogP contribution in [0.3, 0.4) is 0 Å². The zero-order valence-electron chi connectivity index (χ0n) is 20.5. The highest BCUT2D eigenvalue weighted by Crippen LogP contribution is 2.28. The number of rotatable bonds is 9. The highest BCUT2D eigenvalue weighted by Gasteiger charge is 2.21. The van der Waals surface area contributed by atoms with Gasteiger partial charge in [-0.05, 0) is 52.6 Å². The average molecular weight is 514 g/mol. The molecular formula is C27H24FN7O3. The maximum Gasteiger partial charge on any atom is 0.337 e. The number of carbonyl (C=O) groups is 1. The first-order valence-corrected chi connectivity index (χ1v) is 12.1. The van der Waals surface area contributed by atoms with Crippen molar-refractivity contribution in [3.8, 4) is 28.3 Å². The Morgan fingerprint density at radius 3 is 2.63 bits per heavy atom. The van der Waals surface area contributed by atoms with Gasteiger partial charge in [0.15, 0.2) is 5.82 Å². The standard InChI is InChI=1S/C27H24FN7O3/c1-2-3-6-19-16-35(24-21(26(36)37)7-4-9-22(24)28)27(38)34(19)15-17-10-12-18(13-11-17)20-8-5-14-29-23(20)25-30-32-33-31-25/h4-5,7-14,16H,2-3,6,15H2,1H3,(H,36,37)(H,30,31,32,33). The second-order valence-corrected chi connectivity index (χ2v) is 8.75. The molecule has 3 heterocycles. The number of nitrogens with one attached hydrogen (secondary N) is 1. The fraction of sp³-hybridized carbons (Fsp3) is 0.185. The first-order valence-electron chi connectivity index (χ1n) is 12.1. The second kappa shape index (κ2) is 10.6. The van der Waals surface area contributed by atoms with E-state index in [0.717, 1.165) is 40.2 Å². The molecule has 0 radical (unpaired) electrons. The lowest BCUT2D eigenvalue weighted by Gasteiger charge is -2.10. The van der Waals surface area contributed by atoms with Crippen molar-refractivity contribution >= 4 is 5.97 Å². The molecule has 5 rings (SSSR count). The van der Waals surface area contributed by atoms with Gasteiger partial charge in [-0.2, -0.15) is 0 Å². The number of benzene rings is 2. The molecule has 0 fully saturated rings. The predicted octanol–water partition coefficient (Wildman–Crippen LogP) is 4.11. The summed E-state index contributed by atoms with van der Waals surface area (Å²) in [6, 6.07) is 15.2. The molecule has 0 aliphatic carbocycles. The van der Waals surface area contributed by atoms with E-state index in [1.807, 2.05) is 43.3 Å². The number of aryl methyl sites for hydroxylation is 1. The van der Waals surface area contributed by atoms with Crippen molar-refractivity contribution < 1.29 is 14.3 Å². The summed E-state index contributed by atoms with van der Waals surface area (Å²) in [5.74, 6) is -1.63. The van der Waals surface area contributed by atoms with E-state index in [9.17, 15) is 19.1 Å². The largest absolute Gasteiger partial charge is 0.478 e. The van der Waals surface area contributed by atoms with Crippen LogP contribution in [0.15, 0.2) is 71.8 Å². The molecule has 0 bridgehead atoms. The summed E-state index contributed by atoms with van der Waals surface area (Å²) in [7, 11) is 0. The van der Waals surface area contributed by atoms with Crippen LogP contribution in [0.4, 0.5) is 4.39 Å². The number of unbranched alkanes of at least 4 members (excludes halogenated alkanes) is 1. The number of nitrogens with zero attached hydrogens (tertiary/aromatic N) is 6. The van der Waals surface area contributed by atoms with Crippen molar-refractivity contribution in [3.63, 3.8) is 0 Å². The number of aromatic amines is 1. The third kappa shape index (κ3) is 4.73. The number of imidazole rings is 1. The smallest absolute Gasteiger partial charge is 0.337 e. The summed E-state index contributed by atoms with van der Waals surface area (Å²) in [5.41, 5.74) is 2.86. The van der Waals surface area contributed by atoms with Gasteiger partial charge in [0, 0.05) is 23.7 Å². The number of H-pyrrole nitrogens is 1. The van der Waals surface area contributed by atoms with Crippen LogP contribution in [0, 0.1) is 5.82 Å². The lowest BCUT2D eigenvalue weighted by Crippen LogP contribution is -2.26. The molecule has 5 aromatic rings. The van der Waals surface area contributed by atoms with E-state index in [1.54, 1.807) is 17.0 Å². The quantitative estimate of drug-likeness (QED) is 0.303. The van der Waals surface area contributed by atoms with E-state index < -0.39 is 17.5 Å². The van der Waals surface area contributed by atoms with Crippen LogP contribution in [-0.2, 0) is 13.0 Å². The second-order valence-electron chi connectivity index (χ2n) is 8.75. The van der Waals surface area contributed by atoms with Gasteiger partial charge in [-0.3, -0.25) is 14.1 Å². The minimum Gasteiger partial charge on any atom is -0.478 e. The topological polar surface area (TPSA) is 132 Å². The first-order chi connectivity index (χ1) is 18.5. The Bertz CT molecular complexity index is 1640. The van der Waals surface area contributed by atoms with Crippen LogP contribution in [0.2, 0.25) is 0 Å². The van der Waals surface area contributed by atoms with Gasteiger partial charge in [0.1, 0.15) is 17.2 Å². The number of carboxylic acids is 1. The van der Waals surface area contributed by atoms with Crippen molar-refractivity contribution in [2.24, 2.45) is 0 Å². The number of hydrogen-bond donors (Lipinski definition) is 2. The predicted molar refractivity (Wildman–Crippen MR) is 138 cm³/mol. The molecule has 0 amide bonds. The molecule has 0 spiro atoms. The van der Waals surface area contributed by atoms with Crippen LogP contribution < -0.4 is 5.69 Å². The van der Waals surface area contributed by atoms with E-state index in [2.05, 4.69) is 25.6 Å². The van der Waals surface area contributed by atoms with Crippen LogP contribution in [0.25, 0.3) is 28.3 Å². The van der Waals surface area contributed by atoms with Crippen molar-refractivity contribution in [2.75, 3.05) is 0 Å². The third-order valence-electron chi connectivity index (χ3n) is 6.29. The Labute approximate surface area is 216 Å². The Morgan fingerprint density at radius 1 is 1.11 bits per heavy atom. The summed E-state index contributed by atoms with van der Waals surface area (Å²) in [6.45, 7) is 2.28. The highest BCUT2D eigenvalue weighted by atomic mass is 19.1. The Balaban J connectivity index is 1.51. The average Bonchev–Trinajstić information content (AvgIpc) is 3.57. The van der Waals surface area contributed by atoms with E-state index in [-0.39, 0.29) is 17.8 Å². The number of halogens is 1. The SMILES string of the molecule is CCCCc1cn(-c2c(F)cccc2C(=O)O)c(=O)n1Cc1ccc(-c2cccnc2-c2nnn[nH]2)cc1. The van der Waals surface area contributed by atoms with Crippen molar-refractivity contribution in [1.82, 2.24) is 34.7 Å². The summed E-state index contributed by atoms with van der Waals surface area (Å²) in [6.07, 6.45) is 5.53. The Morgan fingerprint density at radius 2 is 1.92 bits per heavy atom. The lowest BCUT2D eigenvalue weighted by atomic mass is 10.0. The van der Waals surface area contributed by atoms with Gasteiger partial charge in [0.2, 0.25) is 0 Å². The van der Waals surface area contributed by atoms with Gasteiger partial charge in [-0.1, -0.05) is 49.7 Å². The van der Waals surface area contributed by atoms with Crippen molar-refractivity contribution in [2.45, 2.75) is 32.7 Å². The van der Waals surface area contributed by atoms with Crippen LogP contribution in [-0.4, -0.2) is 45.8 Å². The van der Waals surface area contributed by atoms with Crippen molar-refractivity contribution in [3.05, 3.63) is 100 Å². The first kappa shape index (κ1) is 24.8. The van der Waals surface area contributed by atoms with Crippen LogP contribution in [0.5, 0.6) is 0 Å². The summed E-state index contributed by atoms with van der Waals surface area (Å²) >= 11 is 0. The van der Waals surface area contributed by atoms with E-state index >= 15 is 0 Å². The molecule has 11 heteroatoms. The summed E-state index contributed by atoms with van der Waals surface area (Å²) in [4.78, 5) is 29.6. The molecule has 10 nitrogen and oxygen atoms in total. The normalized spacial score (nSPS) is 11.1. The fourth-order valence-electron chi connectivity index (χ4n) is 4.41. The van der Waals surface area contributed by atoms with Gasteiger partial charge in [-0.25, -0.2) is 19.1 Å². The maximum absolute atomic E-state index is 14.8. The number of para-hydroxylation sites is 1. The van der Waals surface area contributed by atoms with Gasteiger partial charge in [-0.15, -0.1) is 5.10 Å². The van der Waals surface area contributed by atoms with E-state index in [1.165, 1.54) is 12.1 Å². The number of carboxylic acid groups (broad SMARTS) is 1. The molecule has 0 aliphatic rings. The monoisotopic (exact) mass is 513 g/mol. The molecule has 3 aromatic heterocycles. The van der Waals surface area contributed by atoms with E-state index in [4.69, 9.17) is 0 Å². The molecule has 2 aromatic carbocycles. The molecule has 0 saturated carbocycles. The fourth-order valence-corrected chi connectivity index (χ4v) is 4.41. The summed E-state index contributed by atoms with van der Waals surface area (Å²) in [5, 5.41) is 23.5. The molecule has 0 unspecified atom stereocenters. The van der Waals surface area contributed by atoms with Crippen molar-refractivity contribution in [1.29, 1.82) is 0 Å². The molecule has 38 heavy (non-hydrogen) atoms. The number of tetrazole rings is 1. The van der Waals surface area contributed by atoms with E-state index in [0.29, 0.717) is 23.6 Å². The zero-order valence-corrected chi connectivity index (χ0v) is 20.5. The van der Waals surface area contributed by atoms with Gasteiger partial charge < -0.3 is 5.11 Å².